The lowest BCUT2D eigenvalue weighted by Crippen LogP contribution is -2.01. The van der Waals surface area contributed by atoms with Crippen molar-refractivity contribution in [1.82, 2.24) is 0 Å². The van der Waals surface area contributed by atoms with Gasteiger partial charge in [0.15, 0.2) is 0 Å². The average Bonchev–Trinajstić information content (AvgIpc) is 2.19. The summed E-state index contributed by atoms with van der Waals surface area (Å²) >= 11 is 4.21. The SMILES string of the molecule is CCCCc1cc(C)c(S)c(C(=O)O)c1. The Morgan fingerprint density at radius 3 is 2.67 bits per heavy atom. The van der Waals surface area contributed by atoms with E-state index in [9.17, 15) is 4.79 Å². The molecule has 0 radical (unpaired) electrons. The summed E-state index contributed by atoms with van der Waals surface area (Å²) in [4.78, 5) is 11.5. The summed E-state index contributed by atoms with van der Waals surface area (Å²) in [7, 11) is 0. The molecule has 0 amide bonds. The van der Waals surface area contributed by atoms with Crippen LogP contribution in [0.15, 0.2) is 17.0 Å². The van der Waals surface area contributed by atoms with Crippen molar-refractivity contribution in [1.29, 1.82) is 0 Å². The van der Waals surface area contributed by atoms with E-state index >= 15 is 0 Å². The predicted octanol–water partition coefficient (Wildman–Crippen LogP) is 3.32. The zero-order chi connectivity index (χ0) is 11.4. The molecule has 1 aromatic carbocycles. The first kappa shape index (κ1) is 12.1. The van der Waals surface area contributed by atoms with Crippen LogP contribution in [0, 0.1) is 6.92 Å². The van der Waals surface area contributed by atoms with Gasteiger partial charge in [-0.1, -0.05) is 19.4 Å². The Morgan fingerprint density at radius 1 is 1.47 bits per heavy atom. The number of unbranched alkanes of at least 4 members (excludes halogenated alkanes) is 1. The molecule has 0 aliphatic carbocycles. The van der Waals surface area contributed by atoms with Gasteiger partial charge in [-0.15, -0.1) is 12.6 Å². The maximum Gasteiger partial charge on any atom is 0.336 e. The molecule has 0 bridgehead atoms. The molecule has 0 aliphatic heterocycles. The van der Waals surface area contributed by atoms with E-state index in [0.29, 0.717) is 10.5 Å². The summed E-state index contributed by atoms with van der Waals surface area (Å²) in [5, 5.41) is 8.99. The number of hydrogen-bond donors (Lipinski definition) is 2. The Bertz CT molecular complexity index is 372. The fourth-order valence-corrected chi connectivity index (χ4v) is 1.77. The fourth-order valence-electron chi connectivity index (χ4n) is 1.54. The first-order valence-electron chi connectivity index (χ1n) is 5.12. The van der Waals surface area contributed by atoms with Crippen LogP contribution >= 0.6 is 12.6 Å². The van der Waals surface area contributed by atoms with Crippen LogP contribution in [0.25, 0.3) is 0 Å². The van der Waals surface area contributed by atoms with Crippen LogP contribution in [0.5, 0.6) is 0 Å². The summed E-state index contributed by atoms with van der Waals surface area (Å²) in [5.74, 6) is -0.901. The Labute approximate surface area is 95.7 Å². The molecule has 15 heavy (non-hydrogen) atoms. The first-order valence-corrected chi connectivity index (χ1v) is 5.56. The van der Waals surface area contributed by atoms with Crippen LogP contribution in [-0.2, 0) is 6.42 Å². The van der Waals surface area contributed by atoms with E-state index < -0.39 is 5.97 Å². The lowest BCUT2D eigenvalue weighted by Gasteiger charge is -2.08. The number of benzene rings is 1. The number of aromatic carboxylic acids is 1. The van der Waals surface area contributed by atoms with Crippen molar-refractivity contribution in [3.05, 3.63) is 28.8 Å². The minimum absolute atomic E-state index is 0.310. The summed E-state index contributed by atoms with van der Waals surface area (Å²) < 4.78 is 0. The maximum atomic E-state index is 11.0. The molecule has 0 saturated heterocycles. The molecule has 0 unspecified atom stereocenters. The second kappa shape index (κ2) is 5.21. The molecule has 0 aliphatic rings. The van der Waals surface area contributed by atoms with Gasteiger partial charge in [-0.3, -0.25) is 0 Å². The quantitative estimate of drug-likeness (QED) is 0.770. The largest absolute Gasteiger partial charge is 0.478 e. The number of carboxylic acids is 1. The second-order valence-electron chi connectivity index (χ2n) is 3.72. The van der Waals surface area contributed by atoms with E-state index in [-0.39, 0.29) is 0 Å². The molecule has 0 aromatic heterocycles. The molecule has 0 fully saturated rings. The molecule has 1 aromatic rings. The minimum Gasteiger partial charge on any atom is -0.478 e. The fraction of sp³-hybridized carbons (Fsp3) is 0.417. The van der Waals surface area contributed by atoms with Gasteiger partial charge >= 0.3 is 5.97 Å². The highest BCUT2D eigenvalue weighted by atomic mass is 32.1. The highest BCUT2D eigenvalue weighted by molar-refractivity contribution is 7.80. The molecule has 82 valence electrons. The molecule has 1 N–H and O–H groups in total. The summed E-state index contributed by atoms with van der Waals surface area (Å²) in [6.45, 7) is 4.02. The van der Waals surface area contributed by atoms with Gasteiger partial charge in [0.05, 0.1) is 5.56 Å². The zero-order valence-corrected chi connectivity index (χ0v) is 9.97. The van der Waals surface area contributed by atoms with Gasteiger partial charge in [-0.05, 0) is 37.0 Å². The van der Waals surface area contributed by atoms with Crippen LogP contribution in [0.3, 0.4) is 0 Å². The van der Waals surface area contributed by atoms with E-state index in [2.05, 4.69) is 19.6 Å². The van der Waals surface area contributed by atoms with E-state index in [1.54, 1.807) is 6.07 Å². The number of carboxylic acid groups (broad SMARTS) is 1. The summed E-state index contributed by atoms with van der Waals surface area (Å²) in [6.07, 6.45) is 3.14. The molecular formula is C12H16O2S. The Morgan fingerprint density at radius 2 is 2.13 bits per heavy atom. The number of hydrogen-bond acceptors (Lipinski definition) is 2. The van der Waals surface area contributed by atoms with Crippen molar-refractivity contribution < 1.29 is 9.90 Å². The van der Waals surface area contributed by atoms with Gasteiger partial charge in [-0.2, -0.15) is 0 Å². The van der Waals surface area contributed by atoms with E-state index in [1.807, 2.05) is 13.0 Å². The monoisotopic (exact) mass is 224 g/mol. The Hall–Kier alpha value is -0.960. The van der Waals surface area contributed by atoms with Gasteiger partial charge in [0.25, 0.3) is 0 Å². The summed E-state index contributed by atoms with van der Waals surface area (Å²) in [6, 6.07) is 3.75. The van der Waals surface area contributed by atoms with Crippen LogP contribution in [0.4, 0.5) is 0 Å². The van der Waals surface area contributed by atoms with Crippen molar-refractivity contribution in [2.24, 2.45) is 0 Å². The Kier molecular flexibility index (Phi) is 4.21. The molecule has 3 heteroatoms. The third-order valence-electron chi connectivity index (χ3n) is 2.41. The molecule has 0 atom stereocenters. The number of carbonyl (C=O) groups is 1. The van der Waals surface area contributed by atoms with Crippen LogP contribution in [0.1, 0.15) is 41.3 Å². The normalized spacial score (nSPS) is 10.3. The molecule has 2 nitrogen and oxygen atoms in total. The number of aryl methyl sites for hydroxylation is 2. The lowest BCUT2D eigenvalue weighted by atomic mass is 10.0. The standard InChI is InChI=1S/C12H16O2S/c1-3-4-5-9-6-8(2)11(15)10(7-9)12(13)14/h6-7,15H,3-5H2,1-2H3,(H,13,14). The van der Waals surface area contributed by atoms with Crippen LogP contribution in [-0.4, -0.2) is 11.1 Å². The maximum absolute atomic E-state index is 11.0. The van der Waals surface area contributed by atoms with Gasteiger partial charge in [0, 0.05) is 4.90 Å². The second-order valence-corrected chi connectivity index (χ2v) is 4.16. The third-order valence-corrected chi connectivity index (χ3v) is 3.00. The number of thiol groups is 1. The molecule has 0 heterocycles. The van der Waals surface area contributed by atoms with Gasteiger partial charge in [0.2, 0.25) is 0 Å². The van der Waals surface area contributed by atoms with Gasteiger partial charge in [-0.25, -0.2) is 4.79 Å². The topological polar surface area (TPSA) is 37.3 Å². The average molecular weight is 224 g/mol. The third kappa shape index (κ3) is 2.99. The molecule has 0 saturated carbocycles. The van der Waals surface area contributed by atoms with Crippen molar-refractivity contribution >= 4 is 18.6 Å². The molecule has 0 spiro atoms. The molecular weight excluding hydrogens is 208 g/mol. The summed E-state index contributed by atoms with van der Waals surface area (Å²) in [5.41, 5.74) is 2.33. The van der Waals surface area contributed by atoms with Crippen LogP contribution < -0.4 is 0 Å². The lowest BCUT2D eigenvalue weighted by molar-refractivity contribution is 0.0693. The van der Waals surface area contributed by atoms with E-state index in [0.717, 1.165) is 30.4 Å². The number of rotatable bonds is 4. The highest BCUT2D eigenvalue weighted by Crippen LogP contribution is 2.22. The van der Waals surface area contributed by atoms with Crippen molar-refractivity contribution in [3.8, 4) is 0 Å². The minimum atomic E-state index is -0.901. The van der Waals surface area contributed by atoms with Gasteiger partial charge < -0.3 is 5.11 Å². The first-order chi connectivity index (χ1) is 7.06. The van der Waals surface area contributed by atoms with Crippen molar-refractivity contribution in [2.75, 3.05) is 0 Å². The highest BCUT2D eigenvalue weighted by Gasteiger charge is 2.11. The van der Waals surface area contributed by atoms with Crippen LogP contribution in [0.2, 0.25) is 0 Å². The molecule has 1 rings (SSSR count). The van der Waals surface area contributed by atoms with E-state index in [1.165, 1.54) is 0 Å². The van der Waals surface area contributed by atoms with Crippen molar-refractivity contribution in [3.63, 3.8) is 0 Å². The van der Waals surface area contributed by atoms with Gasteiger partial charge in [0.1, 0.15) is 0 Å². The smallest absolute Gasteiger partial charge is 0.336 e. The van der Waals surface area contributed by atoms with Crippen molar-refractivity contribution in [2.45, 2.75) is 38.0 Å². The predicted molar refractivity (Wildman–Crippen MR) is 64.0 cm³/mol. The Balaban J connectivity index is 3.06. The zero-order valence-electron chi connectivity index (χ0n) is 9.08. The van der Waals surface area contributed by atoms with E-state index in [4.69, 9.17) is 5.11 Å².